The highest BCUT2D eigenvalue weighted by Gasteiger charge is 1.89. The fraction of sp³-hybridized carbons (Fsp3) is 0.286. The first-order valence-electron chi connectivity index (χ1n) is 3.31. The van der Waals surface area contributed by atoms with Gasteiger partial charge in [-0.3, -0.25) is 0 Å². The van der Waals surface area contributed by atoms with E-state index in [4.69, 9.17) is 5.26 Å². The SMILES string of the molecule is N#CCCNc1ncccn1. The van der Waals surface area contributed by atoms with E-state index in [1.165, 1.54) is 0 Å². The third-order valence-electron chi connectivity index (χ3n) is 1.09. The summed E-state index contributed by atoms with van der Waals surface area (Å²) in [6, 6.07) is 3.77. The Labute approximate surface area is 64.9 Å². The summed E-state index contributed by atoms with van der Waals surface area (Å²) in [5.74, 6) is 0.572. The summed E-state index contributed by atoms with van der Waals surface area (Å²) in [4.78, 5) is 7.84. The highest BCUT2D eigenvalue weighted by molar-refractivity contribution is 5.21. The molecule has 1 rings (SSSR count). The molecule has 4 heteroatoms. The van der Waals surface area contributed by atoms with Gasteiger partial charge >= 0.3 is 0 Å². The molecule has 0 radical (unpaired) electrons. The van der Waals surface area contributed by atoms with E-state index >= 15 is 0 Å². The Morgan fingerprint density at radius 1 is 1.45 bits per heavy atom. The largest absolute Gasteiger partial charge is 0.353 e. The number of hydrogen-bond donors (Lipinski definition) is 1. The van der Waals surface area contributed by atoms with Gasteiger partial charge < -0.3 is 5.32 Å². The average Bonchev–Trinajstić information content (AvgIpc) is 2.07. The molecule has 0 bridgehead atoms. The lowest BCUT2D eigenvalue weighted by Gasteiger charge is -1.98. The highest BCUT2D eigenvalue weighted by atomic mass is 15.1. The maximum absolute atomic E-state index is 8.21. The van der Waals surface area contributed by atoms with Gasteiger partial charge in [-0.25, -0.2) is 9.97 Å². The van der Waals surface area contributed by atoms with Crippen LogP contribution in [0.4, 0.5) is 5.95 Å². The third-order valence-corrected chi connectivity index (χ3v) is 1.09. The van der Waals surface area contributed by atoms with Crippen molar-refractivity contribution in [1.82, 2.24) is 9.97 Å². The van der Waals surface area contributed by atoms with Crippen LogP contribution in [0.15, 0.2) is 18.5 Å². The summed E-state index contributed by atoms with van der Waals surface area (Å²) < 4.78 is 0. The van der Waals surface area contributed by atoms with Crippen LogP contribution in [0.25, 0.3) is 0 Å². The second kappa shape index (κ2) is 4.23. The fourth-order valence-electron chi connectivity index (χ4n) is 0.621. The molecule has 1 N–H and O–H groups in total. The first-order valence-corrected chi connectivity index (χ1v) is 3.31. The summed E-state index contributed by atoms with van der Waals surface area (Å²) in [6.45, 7) is 0.598. The van der Waals surface area contributed by atoms with Crippen molar-refractivity contribution in [3.05, 3.63) is 18.5 Å². The van der Waals surface area contributed by atoms with Crippen molar-refractivity contribution in [3.63, 3.8) is 0 Å². The molecule has 0 atom stereocenters. The molecule has 0 aromatic carbocycles. The van der Waals surface area contributed by atoms with E-state index < -0.39 is 0 Å². The summed E-state index contributed by atoms with van der Waals surface area (Å²) in [5, 5.41) is 11.1. The van der Waals surface area contributed by atoms with Gasteiger partial charge in [0.05, 0.1) is 12.5 Å². The van der Waals surface area contributed by atoms with Crippen LogP contribution in [-0.2, 0) is 0 Å². The van der Waals surface area contributed by atoms with E-state index in [1.54, 1.807) is 18.5 Å². The van der Waals surface area contributed by atoms with Crippen LogP contribution in [0, 0.1) is 11.3 Å². The Morgan fingerprint density at radius 2 is 2.18 bits per heavy atom. The van der Waals surface area contributed by atoms with Gasteiger partial charge in [-0.1, -0.05) is 0 Å². The van der Waals surface area contributed by atoms with Crippen LogP contribution in [0.2, 0.25) is 0 Å². The second-order valence-electron chi connectivity index (χ2n) is 1.91. The van der Waals surface area contributed by atoms with Crippen molar-refractivity contribution in [2.24, 2.45) is 0 Å². The number of nitrogens with one attached hydrogen (secondary N) is 1. The Morgan fingerprint density at radius 3 is 2.82 bits per heavy atom. The number of nitriles is 1. The Hall–Kier alpha value is -1.63. The predicted octanol–water partition coefficient (Wildman–Crippen LogP) is 0.802. The molecule has 0 aliphatic heterocycles. The zero-order chi connectivity index (χ0) is 7.94. The lowest BCUT2D eigenvalue weighted by atomic mass is 10.5. The first-order chi connectivity index (χ1) is 5.43. The molecule has 0 amide bonds. The molecule has 1 heterocycles. The van der Waals surface area contributed by atoms with Crippen LogP contribution < -0.4 is 5.32 Å². The fourth-order valence-corrected chi connectivity index (χ4v) is 0.621. The van der Waals surface area contributed by atoms with E-state index in [9.17, 15) is 0 Å². The molecular formula is C7H8N4. The molecule has 1 aromatic rings. The molecule has 1 aromatic heterocycles. The number of anilines is 1. The zero-order valence-electron chi connectivity index (χ0n) is 5.99. The maximum atomic E-state index is 8.21. The minimum Gasteiger partial charge on any atom is -0.353 e. The van der Waals surface area contributed by atoms with Crippen molar-refractivity contribution in [2.45, 2.75) is 6.42 Å². The topological polar surface area (TPSA) is 61.6 Å². The van der Waals surface area contributed by atoms with Crippen molar-refractivity contribution < 1.29 is 0 Å². The third kappa shape index (κ3) is 2.63. The van der Waals surface area contributed by atoms with E-state index in [0.29, 0.717) is 18.9 Å². The summed E-state index contributed by atoms with van der Waals surface area (Å²) in [5.41, 5.74) is 0. The Balaban J connectivity index is 2.35. The summed E-state index contributed by atoms with van der Waals surface area (Å²) >= 11 is 0. The Bertz CT molecular complexity index is 238. The van der Waals surface area contributed by atoms with Crippen LogP contribution in [0.3, 0.4) is 0 Å². The van der Waals surface area contributed by atoms with Gasteiger partial charge in [0.2, 0.25) is 5.95 Å². The molecule has 0 aliphatic carbocycles. The van der Waals surface area contributed by atoms with E-state index in [1.807, 2.05) is 6.07 Å². The van der Waals surface area contributed by atoms with E-state index in [2.05, 4.69) is 15.3 Å². The van der Waals surface area contributed by atoms with Crippen LogP contribution in [-0.4, -0.2) is 16.5 Å². The van der Waals surface area contributed by atoms with Gasteiger partial charge in [-0.2, -0.15) is 5.26 Å². The van der Waals surface area contributed by atoms with Gasteiger partial charge in [0, 0.05) is 18.9 Å². The van der Waals surface area contributed by atoms with Gasteiger partial charge in [0.25, 0.3) is 0 Å². The van der Waals surface area contributed by atoms with E-state index in [0.717, 1.165) is 0 Å². The molecule has 0 saturated carbocycles. The quantitative estimate of drug-likeness (QED) is 0.644. The van der Waals surface area contributed by atoms with Crippen LogP contribution >= 0.6 is 0 Å². The minimum atomic E-state index is 0.470. The van der Waals surface area contributed by atoms with Gasteiger partial charge in [0.1, 0.15) is 0 Å². The van der Waals surface area contributed by atoms with Crippen LogP contribution in [0.1, 0.15) is 6.42 Å². The van der Waals surface area contributed by atoms with Crippen molar-refractivity contribution in [2.75, 3.05) is 11.9 Å². The maximum Gasteiger partial charge on any atom is 0.222 e. The first kappa shape index (κ1) is 7.48. The monoisotopic (exact) mass is 148 g/mol. The summed E-state index contributed by atoms with van der Waals surface area (Å²) in [7, 11) is 0. The smallest absolute Gasteiger partial charge is 0.222 e. The lowest BCUT2D eigenvalue weighted by molar-refractivity contribution is 1.02. The highest BCUT2D eigenvalue weighted by Crippen LogP contribution is 1.92. The minimum absolute atomic E-state index is 0.470. The van der Waals surface area contributed by atoms with Crippen molar-refractivity contribution >= 4 is 5.95 Å². The second-order valence-corrected chi connectivity index (χ2v) is 1.91. The molecule has 56 valence electrons. The normalized spacial score (nSPS) is 8.64. The van der Waals surface area contributed by atoms with Crippen molar-refractivity contribution in [1.29, 1.82) is 5.26 Å². The molecule has 0 fully saturated rings. The molecule has 4 nitrogen and oxygen atoms in total. The molecule has 0 spiro atoms. The molecule has 0 saturated heterocycles. The molecular weight excluding hydrogens is 140 g/mol. The van der Waals surface area contributed by atoms with E-state index in [-0.39, 0.29) is 0 Å². The molecule has 0 unspecified atom stereocenters. The van der Waals surface area contributed by atoms with Gasteiger partial charge in [-0.15, -0.1) is 0 Å². The number of rotatable bonds is 3. The number of nitrogens with zero attached hydrogens (tertiary/aromatic N) is 3. The number of hydrogen-bond acceptors (Lipinski definition) is 4. The average molecular weight is 148 g/mol. The zero-order valence-corrected chi connectivity index (χ0v) is 5.99. The van der Waals surface area contributed by atoms with Gasteiger partial charge in [0.15, 0.2) is 0 Å². The van der Waals surface area contributed by atoms with Crippen LogP contribution in [0.5, 0.6) is 0 Å². The molecule has 11 heavy (non-hydrogen) atoms. The van der Waals surface area contributed by atoms with Gasteiger partial charge in [-0.05, 0) is 6.07 Å². The Kier molecular flexibility index (Phi) is 2.87. The lowest BCUT2D eigenvalue weighted by Crippen LogP contribution is -2.03. The predicted molar refractivity (Wildman–Crippen MR) is 40.8 cm³/mol. The number of aromatic nitrogens is 2. The summed E-state index contributed by atoms with van der Waals surface area (Å²) in [6.07, 6.45) is 3.78. The van der Waals surface area contributed by atoms with Crippen molar-refractivity contribution in [3.8, 4) is 6.07 Å². The molecule has 0 aliphatic rings. The standard InChI is InChI=1S/C7H8N4/c8-3-1-4-9-7-10-5-2-6-11-7/h2,5-6H,1,4H2,(H,9,10,11).